The molecule has 0 unspecified atom stereocenters. The molecule has 6 nitrogen and oxygen atoms in total. The highest BCUT2D eigenvalue weighted by atomic mass is 16.5. The molecule has 0 aliphatic heterocycles. The molecule has 1 N–H and O–H groups in total. The number of hydrogen-bond acceptors (Lipinski definition) is 5. The van der Waals surface area contributed by atoms with Crippen molar-refractivity contribution < 1.29 is 9.53 Å². The van der Waals surface area contributed by atoms with Gasteiger partial charge in [-0.3, -0.25) is 9.78 Å². The topological polar surface area (TPSA) is 98.8 Å². The average molecular weight is 354 g/mol. The Morgan fingerprint density at radius 3 is 2.48 bits per heavy atom. The number of carbonyl (C=O) groups excluding carboxylic acids is 1. The molecule has 0 aliphatic rings. The van der Waals surface area contributed by atoms with E-state index < -0.39 is 0 Å². The minimum atomic E-state index is -0.238. The van der Waals surface area contributed by atoms with Crippen LogP contribution >= 0.6 is 0 Å². The van der Waals surface area contributed by atoms with Crippen LogP contribution in [0.15, 0.2) is 67.0 Å². The van der Waals surface area contributed by atoms with Gasteiger partial charge in [0, 0.05) is 18.1 Å². The number of hydrogen-bond donors (Lipinski definition) is 1. The molecule has 1 amide bonds. The Kier molecular flexibility index (Phi) is 5.42. The van der Waals surface area contributed by atoms with Gasteiger partial charge in [0.15, 0.2) is 0 Å². The molecule has 1 heterocycles. The third-order valence-electron chi connectivity index (χ3n) is 3.77. The van der Waals surface area contributed by atoms with Crippen molar-refractivity contribution in [1.82, 2.24) is 4.98 Å². The Morgan fingerprint density at radius 2 is 1.81 bits per heavy atom. The van der Waals surface area contributed by atoms with Crippen LogP contribution in [0.5, 0.6) is 5.75 Å². The number of nitrogens with zero attached hydrogens (tertiary/aromatic N) is 3. The van der Waals surface area contributed by atoms with Crippen molar-refractivity contribution in [3.05, 3.63) is 89.2 Å². The highest BCUT2D eigenvalue weighted by Gasteiger charge is 2.06. The summed E-state index contributed by atoms with van der Waals surface area (Å²) in [5, 5.41) is 20.8. The van der Waals surface area contributed by atoms with Crippen LogP contribution in [0.25, 0.3) is 0 Å². The number of ether oxygens (including phenoxy) is 1. The number of pyridine rings is 1. The molecule has 1 aromatic heterocycles. The highest BCUT2D eigenvalue weighted by Crippen LogP contribution is 2.18. The molecule has 6 heteroatoms. The predicted molar refractivity (Wildman–Crippen MR) is 98.8 cm³/mol. The molecule has 0 aliphatic carbocycles. The van der Waals surface area contributed by atoms with Gasteiger partial charge < -0.3 is 10.1 Å². The smallest absolute Gasteiger partial charge is 0.257 e. The summed E-state index contributed by atoms with van der Waals surface area (Å²) in [6.45, 7) is 0.266. The Hall–Kier alpha value is -4.16. The summed E-state index contributed by atoms with van der Waals surface area (Å²) in [7, 11) is 0. The van der Waals surface area contributed by atoms with Crippen LogP contribution in [0.3, 0.4) is 0 Å². The minimum absolute atomic E-state index is 0.238. The largest absolute Gasteiger partial charge is 0.489 e. The first-order chi connectivity index (χ1) is 13.2. The Balaban J connectivity index is 1.61. The second-order valence-corrected chi connectivity index (χ2v) is 5.61. The van der Waals surface area contributed by atoms with Crippen molar-refractivity contribution in [2.45, 2.75) is 6.61 Å². The van der Waals surface area contributed by atoms with Crippen LogP contribution in [-0.2, 0) is 6.61 Å². The fourth-order valence-electron chi connectivity index (χ4n) is 2.37. The normalized spacial score (nSPS) is 9.70. The van der Waals surface area contributed by atoms with Crippen molar-refractivity contribution >= 4 is 11.6 Å². The zero-order chi connectivity index (χ0) is 19.1. The van der Waals surface area contributed by atoms with Gasteiger partial charge in [-0.05, 0) is 54.1 Å². The van der Waals surface area contributed by atoms with E-state index in [4.69, 9.17) is 15.3 Å². The van der Waals surface area contributed by atoms with Gasteiger partial charge in [0.1, 0.15) is 24.5 Å². The number of anilines is 1. The fraction of sp³-hybridized carbons (Fsp3) is 0.0476. The molecule has 2 aromatic carbocycles. The third kappa shape index (κ3) is 4.47. The second kappa shape index (κ2) is 8.28. The number of amides is 1. The molecule has 0 fully saturated rings. The monoisotopic (exact) mass is 354 g/mol. The maximum atomic E-state index is 12.1. The average Bonchev–Trinajstić information content (AvgIpc) is 2.73. The Labute approximate surface area is 156 Å². The molecule has 3 rings (SSSR count). The van der Waals surface area contributed by atoms with Crippen LogP contribution in [0, 0.1) is 22.7 Å². The molecule has 0 saturated carbocycles. The molecular formula is C21H14N4O2. The van der Waals surface area contributed by atoms with Crippen LogP contribution in [0.2, 0.25) is 0 Å². The van der Waals surface area contributed by atoms with Crippen LogP contribution in [-0.4, -0.2) is 10.9 Å². The lowest BCUT2D eigenvalue weighted by atomic mass is 10.1. The Morgan fingerprint density at radius 1 is 1.04 bits per heavy atom. The van der Waals surface area contributed by atoms with E-state index in [2.05, 4.69) is 10.3 Å². The van der Waals surface area contributed by atoms with Gasteiger partial charge in [0.05, 0.1) is 16.7 Å². The van der Waals surface area contributed by atoms with Crippen molar-refractivity contribution in [2.75, 3.05) is 5.32 Å². The van der Waals surface area contributed by atoms with Crippen molar-refractivity contribution in [1.29, 1.82) is 10.5 Å². The maximum absolute atomic E-state index is 12.1. The summed E-state index contributed by atoms with van der Waals surface area (Å²) in [6, 6.07) is 19.3. The van der Waals surface area contributed by atoms with Crippen molar-refractivity contribution in [2.24, 2.45) is 0 Å². The van der Waals surface area contributed by atoms with Gasteiger partial charge in [-0.15, -0.1) is 0 Å². The van der Waals surface area contributed by atoms with Gasteiger partial charge in [-0.25, -0.2) is 0 Å². The van der Waals surface area contributed by atoms with Gasteiger partial charge >= 0.3 is 0 Å². The van der Waals surface area contributed by atoms with Crippen LogP contribution in [0.1, 0.15) is 27.0 Å². The quantitative estimate of drug-likeness (QED) is 0.754. The Bertz CT molecular complexity index is 1030. The van der Waals surface area contributed by atoms with Gasteiger partial charge in [0.25, 0.3) is 5.91 Å². The number of benzene rings is 2. The number of nitrogens with one attached hydrogen (secondary N) is 1. The summed E-state index contributed by atoms with van der Waals surface area (Å²) < 4.78 is 5.69. The summed E-state index contributed by atoms with van der Waals surface area (Å²) in [6.07, 6.45) is 3.11. The van der Waals surface area contributed by atoms with Crippen molar-refractivity contribution in [3.63, 3.8) is 0 Å². The minimum Gasteiger partial charge on any atom is -0.489 e. The predicted octanol–water partition coefficient (Wildman–Crippen LogP) is 3.66. The lowest BCUT2D eigenvalue weighted by Crippen LogP contribution is -2.11. The first-order valence-corrected chi connectivity index (χ1v) is 8.07. The molecule has 0 bridgehead atoms. The van der Waals surface area contributed by atoms with E-state index in [9.17, 15) is 4.79 Å². The first kappa shape index (κ1) is 17.7. The zero-order valence-electron chi connectivity index (χ0n) is 14.2. The lowest BCUT2D eigenvalue weighted by molar-refractivity contribution is 0.102. The van der Waals surface area contributed by atoms with E-state index in [1.807, 2.05) is 12.1 Å². The highest BCUT2D eigenvalue weighted by molar-refractivity contribution is 6.04. The lowest BCUT2D eigenvalue weighted by Gasteiger charge is -2.09. The standard InChI is InChI=1S/C21H14N4O2/c22-11-16-4-3-15(10-18(16)12-23)14-27-20-7-5-19(6-8-20)25-21(26)17-2-1-9-24-13-17/h1-10,13H,14H2,(H,25,26). The third-order valence-corrected chi connectivity index (χ3v) is 3.77. The number of aromatic nitrogens is 1. The van der Waals surface area contributed by atoms with E-state index in [1.165, 1.54) is 6.20 Å². The SMILES string of the molecule is N#Cc1ccc(COc2ccc(NC(=O)c3cccnc3)cc2)cc1C#N. The summed E-state index contributed by atoms with van der Waals surface area (Å²) in [4.78, 5) is 16.0. The summed E-state index contributed by atoms with van der Waals surface area (Å²) in [5.74, 6) is 0.385. The number of carbonyl (C=O) groups is 1. The molecule has 0 saturated heterocycles. The molecule has 0 spiro atoms. The fourth-order valence-corrected chi connectivity index (χ4v) is 2.37. The summed E-state index contributed by atoms with van der Waals surface area (Å²) >= 11 is 0. The molecule has 3 aromatic rings. The van der Waals surface area contributed by atoms with Gasteiger partial charge in [-0.2, -0.15) is 10.5 Å². The molecule has 27 heavy (non-hydrogen) atoms. The number of nitriles is 2. The van der Waals surface area contributed by atoms with Gasteiger partial charge in [0.2, 0.25) is 0 Å². The molecular weight excluding hydrogens is 340 g/mol. The van der Waals surface area contributed by atoms with E-state index in [-0.39, 0.29) is 12.5 Å². The first-order valence-electron chi connectivity index (χ1n) is 8.07. The van der Waals surface area contributed by atoms with Crippen molar-refractivity contribution in [3.8, 4) is 17.9 Å². The zero-order valence-corrected chi connectivity index (χ0v) is 14.2. The van der Waals surface area contributed by atoms with Gasteiger partial charge in [-0.1, -0.05) is 6.07 Å². The van der Waals surface area contributed by atoms with E-state index in [1.54, 1.807) is 60.8 Å². The van der Waals surface area contributed by atoms with Crippen LogP contribution < -0.4 is 10.1 Å². The summed E-state index contributed by atoms with van der Waals surface area (Å²) in [5.41, 5.74) is 2.58. The second-order valence-electron chi connectivity index (χ2n) is 5.61. The molecule has 0 radical (unpaired) electrons. The van der Waals surface area contributed by atoms with E-state index in [0.29, 0.717) is 28.1 Å². The molecule has 0 atom stereocenters. The van der Waals surface area contributed by atoms with Crippen LogP contribution in [0.4, 0.5) is 5.69 Å². The van der Waals surface area contributed by atoms with E-state index >= 15 is 0 Å². The van der Waals surface area contributed by atoms with E-state index in [0.717, 1.165) is 5.56 Å². The maximum Gasteiger partial charge on any atom is 0.257 e. The number of rotatable bonds is 5. The molecule has 130 valence electrons.